The molecule has 0 bridgehead atoms. The number of anilines is 1. The van der Waals surface area contributed by atoms with E-state index in [1.807, 2.05) is 31.2 Å². The van der Waals surface area contributed by atoms with Crippen LogP contribution in [-0.2, 0) is 0 Å². The molecule has 2 heterocycles. The van der Waals surface area contributed by atoms with Gasteiger partial charge in [-0.05, 0) is 38.1 Å². The highest BCUT2D eigenvalue weighted by molar-refractivity contribution is 5.77. The Kier molecular flexibility index (Phi) is 4.76. The Hall–Kier alpha value is -4.41. The Labute approximate surface area is 170 Å². The Bertz CT molecular complexity index is 1280. The van der Waals surface area contributed by atoms with Crippen LogP contribution in [0.25, 0.3) is 5.65 Å². The lowest BCUT2D eigenvalue weighted by Crippen LogP contribution is -1.88. The Morgan fingerprint density at radius 1 is 0.967 bits per heavy atom. The predicted molar refractivity (Wildman–Crippen MR) is 111 cm³/mol. The number of nitrogen functional groups attached to an aromatic ring is 1. The standard InChI is InChI=1S/C19H17N9O2/c1-11-3-5-13(6-4-11)22-24-16-17(20)26-27-18(12(2)21-19(16)27)25-23-14-7-9-15(10-8-14)28(29)30/h3-10,26H,20H2,1-2H3. The Balaban J connectivity index is 1.65. The molecule has 4 rings (SSSR count). The third-order valence-corrected chi connectivity index (χ3v) is 4.34. The van der Waals surface area contributed by atoms with E-state index < -0.39 is 4.92 Å². The second kappa shape index (κ2) is 7.54. The molecular weight excluding hydrogens is 386 g/mol. The molecule has 2 aromatic heterocycles. The van der Waals surface area contributed by atoms with Gasteiger partial charge < -0.3 is 5.73 Å². The summed E-state index contributed by atoms with van der Waals surface area (Å²) in [6, 6.07) is 13.4. The highest BCUT2D eigenvalue weighted by atomic mass is 16.6. The van der Waals surface area contributed by atoms with Crippen molar-refractivity contribution in [3.8, 4) is 0 Å². The molecule has 0 unspecified atom stereocenters. The fourth-order valence-electron chi connectivity index (χ4n) is 2.76. The number of imidazole rings is 1. The van der Waals surface area contributed by atoms with Crippen LogP contribution in [0.5, 0.6) is 0 Å². The first-order valence-corrected chi connectivity index (χ1v) is 8.93. The highest BCUT2D eigenvalue weighted by Crippen LogP contribution is 2.34. The lowest BCUT2D eigenvalue weighted by molar-refractivity contribution is -0.384. The number of nitro benzene ring substituents is 1. The Morgan fingerprint density at radius 2 is 1.57 bits per heavy atom. The van der Waals surface area contributed by atoms with Crippen LogP contribution in [0.1, 0.15) is 11.3 Å². The number of hydrogen-bond acceptors (Lipinski definition) is 8. The summed E-state index contributed by atoms with van der Waals surface area (Å²) in [4.78, 5) is 14.7. The molecule has 0 atom stereocenters. The van der Waals surface area contributed by atoms with E-state index in [1.54, 1.807) is 11.4 Å². The fourth-order valence-corrected chi connectivity index (χ4v) is 2.76. The number of nitro groups is 1. The largest absolute Gasteiger partial charge is 0.382 e. The molecule has 0 spiro atoms. The minimum Gasteiger partial charge on any atom is -0.382 e. The van der Waals surface area contributed by atoms with Crippen LogP contribution >= 0.6 is 0 Å². The molecule has 0 aliphatic rings. The van der Waals surface area contributed by atoms with E-state index in [9.17, 15) is 10.1 Å². The number of azo groups is 2. The molecule has 11 heteroatoms. The van der Waals surface area contributed by atoms with Gasteiger partial charge in [-0.25, -0.2) is 9.50 Å². The summed E-state index contributed by atoms with van der Waals surface area (Å²) in [5.74, 6) is 0.729. The summed E-state index contributed by atoms with van der Waals surface area (Å²) in [6.07, 6.45) is 0. The lowest BCUT2D eigenvalue weighted by Gasteiger charge is -1.94. The van der Waals surface area contributed by atoms with E-state index in [0.717, 1.165) is 5.56 Å². The minimum absolute atomic E-state index is 0.0161. The van der Waals surface area contributed by atoms with E-state index in [0.29, 0.717) is 40.0 Å². The van der Waals surface area contributed by atoms with Crippen molar-refractivity contribution in [3.63, 3.8) is 0 Å². The minimum atomic E-state index is -0.472. The van der Waals surface area contributed by atoms with E-state index in [4.69, 9.17) is 5.73 Å². The van der Waals surface area contributed by atoms with Crippen molar-refractivity contribution < 1.29 is 4.92 Å². The molecule has 0 radical (unpaired) electrons. The number of nitrogens with one attached hydrogen (secondary N) is 1. The smallest absolute Gasteiger partial charge is 0.269 e. The maximum absolute atomic E-state index is 10.7. The summed E-state index contributed by atoms with van der Waals surface area (Å²) in [6.45, 7) is 3.77. The van der Waals surface area contributed by atoms with Crippen LogP contribution in [0.2, 0.25) is 0 Å². The van der Waals surface area contributed by atoms with E-state index in [1.165, 1.54) is 24.3 Å². The van der Waals surface area contributed by atoms with Gasteiger partial charge >= 0.3 is 0 Å². The van der Waals surface area contributed by atoms with Gasteiger partial charge in [0.25, 0.3) is 5.69 Å². The SMILES string of the molecule is Cc1ccc(N=Nc2c(N)[nH]n3c(N=Nc4ccc([N+](=O)[O-])cc4)c(C)nc23)cc1. The molecule has 0 saturated carbocycles. The number of fused-ring (bicyclic) bond motifs is 1. The summed E-state index contributed by atoms with van der Waals surface area (Å²) >= 11 is 0. The van der Waals surface area contributed by atoms with Crippen LogP contribution < -0.4 is 5.73 Å². The number of aryl methyl sites for hydroxylation is 2. The fraction of sp³-hybridized carbons (Fsp3) is 0.105. The molecule has 30 heavy (non-hydrogen) atoms. The zero-order chi connectivity index (χ0) is 21.3. The van der Waals surface area contributed by atoms with Gasteiger partial charge in [-0.1, -0.05) is 17.7 Å². The van der Waals surface area contributed by atoms with Crippen molar-refractivity contribution in [2.24, 2.45) is 20.5 Å². The van der Waals surface area contributed by atoms with Gasteiger partial charge in [-0.2, -0.15) is 5.11 Å². The zero-order valence-electron chi connectivity index (χ0n) is 16.1. The maximum Gasteiger partial charge on any atom is 0.269 e. The first kappa shape index (κ1) is 18.9. The van der Waals surface area contributed by atoms with E-state index >= 15 is 0 Å². The van der Waals surface area contributed by atoms with Gasteiger partial charge in [0.1, 0.15) is 5.82 Å². The quantitative estimate of drug-likeness (QED) is 0.253. The number of nitrogens with two attached hydrogens (primary N) is 1. The number of benzene rings is 2. The molecule has 4 aromatic rings. The maximum atomic E-state index is 10.7. The first-order chi connectivity index (χ1) is 14.4. The van der Waals surface area contributed by atoms with Crippen molar-refractivity contribution in [3.05, 3.63) is 69.9 Å². The van der Waals surface area contributed by atoms with Crippen molar-refractivity contribution >= 4 is 40.0 Å². The normalized spacial score (nSPS) is 11.8. The van der Waals surface area contributed by atoms with Gasteiger partial charge in [0, 0.05) is 12.1 Å². The summed E-state index contributed by atoms with van der Waals surface area (Å²) in [5, 5.41) is 30.5. The second-order valence-corrected chi connectivity index (χ2v) is 6.56. The molecule has 0 saturated heterocycles. The average molecular weight is 403 g/mol. The van der Waals surface area contributed by atoms with E-state index in [-0.39, 0.29) is 5.69 Å². The number of hydrogen-bond donors (Lipinski definition) is 2. The number of aromatic amines is 1. The topological polar surface area (TPSA) is 152 Å². The van der Waals surface area contributed by atoms with Crippen LogP contribution in [0.15, 0.2) is 69.0 Å². The second-order valence-electron chi connectivity index (χ2n) is 6.56. The van der Waals surface area contributed by atoms with Crippen LogP contribution in [0, 0.1) is 24.0 Å². The summed E-state index contributed by atoms with van der Waals surface area (Å²) < 4.78 is 1.57. The zero-order valence-corrected chi connectivity index (χ0v) is 16.1. The van der Waals surface area contributed by atoms with Gasteiger partial charge in [0.05, 0.1) is 22.0 Å². The third-order valence-electron chi connectivity index (χ3n) is 4.34. The number of rotatable bonds is 5. The highest BCUT2D eigenvalue weighted by Gasteiger charge is 2.17. The molecule has 2 aromatic carbocycles. The number of nitrogens with zero attached hydrogens (tertiary/aromatic N) is 7. The first-order valence-electron chi connectivity index (χ1n) is 8.93. The summed E-state index contributed by atoms with van der Waals surface area (Å²) in [5.41, 5.74) is 9.80. The van der Waals surface area contributed by atoms with Crippen molar-refractivity contribution in [1.29, 1.82) is 0 Å². The molecular formula is C19H17N9O2. The molecule has 11 nitrogen and oxygen atoms in total. The van der Waals surface area contributed by atoms with Crippen LogP contribution in [-0.4, -0.2) is 19.5 Å². The van der Waals surface area contributed by atoms with Gasteiger partial charge in [-0.15, -0.1) is 15.3 Å². The van der Waals surface area contributed by atoms with E-state index in [2.05, 4.69) is 30.5 Å². The van der Waals surface area contributed by atoms with Crippen molar-refractivity contribution in [2.75, 3.05) is 5.73 Å². The average Bonchev–Trinajstić information content (AvgIpc) is 3.19. The number of non-ortho nitro benzene ring substituents is 1. The molecule has 0 aliphatic heterocycles. The Morgan fingerprint density at radius 3 is 2.20 bits per heavy atom. The molecule has 0 aliphatic carbocycles. The summed E-state index contributed by atoms with van der Waals surface area (Å²) in [7, 11) is 0. The van der Waals surface area contributed by atoms with Gasteiger partial charge in [-0.3, -0.25) is 15.2 Å². The lowest BCUT2D eigenvalue weighted by atomic mass is 10.2. The molecule has 150 valence electrons. The monoisotopic (exact) mass is 403 g/mol. The van der Waals surface area contributed by atoms with Crippen LogP contribution in [0.4, 0.5) is 34.4 Å². The van der Waals surface area contributed by atoms with Crippen LogP contribution in [0.3, 0.4) is 0 Å². The number of H-pyrrole nitrogens is 1. The van der Waals surface area contributed by atoms with Crippen molar-refractivity contribution in [2.45, 2.75) is 13.8 Å². The molecule has 0 fully saturated rings. The molecule has 3 N–H and O–H groups in total. The molecule has 0 amide bonds. The predicted octanol–water partition coefficient (Wildman–Crippen LogP) is 5.60. The number of aromatic nitrogens is 3. The van der Waals surface area contributed by atoms with Crippen molar-refractivity contribution in [1.82, 2.24) is 14.6 Å². The third kappa shape index (κ3) is 3.63. The van der Waals surface area contributed by atoms with Gasteiger partial charge in [0.15, 0.2) is 17.2 Å². The van der Waals surface area contributed by atoms with Gasteiger partial charge in [0.2, 0.25) is 0 Å².